The molecule has 0 aliphatic carbocycles. The van der Waals surface area contributed by atoms with Crippen LogP contribution in [0, 0.1) is 11.6 Å². The number of hydrogen-bond donors (Lipinski definition) is 1. The van der Waals surface area contributed by atoms with Gasteiger partial charge in [0.2, 0.25) is 5.72 Å². The third kappa shape index (κ3) is 2.33. The summed E-state index contributed by atoms with van der Waals surface area (Å²) in [7, 11) is 0. The molecule has 0 amide bonds. The van der Waals surface area contributed by atoms with Crippen LogP contribution in [0.4, 0.5) is 8.78 Å². The van der Waals surface area contributed by atoms with Gasteiger partial charge in [0.15, 0.2) is 5.17 Å². The van der Waals surface area contributed by atoms with Gasteiger partial charge in [0.1, 0.15) is 17.7 Å². The molecular weight excluding hydrogens is 318 g/mol. The minimum absolute atomic E-state index is 0.325. The van der Waals surface area contributed by atoms with E-state index in [1.165, 1.54) is 24.3 Å². The van der Waals surface area contributed by atoms with Gasteiger partial charge < -0.3 is 10.0 Å². The predicted octanol–water partition coefficient (Wildman–Crippen LogP) is 3.27. The summed E-state index contributed by atoms with van der Waals surface area (Å²) in [5.41, 5.74) is -0.205. The average molecular weight is 332 g/mol. The molecule has 0 radical (unpaired) electrons. The molecule has 3 nitrogen and oxygen atoms in total. The zero-order valence-electron chi connectivity index (χ0n) is 12.1. The van der Waals surface area contributed by atoms with Gasteiger partial charge in [0, 0.05) is 17.9 Å². The molecule has 0 bridgehead atoms. The highest BCUT2D eigenvalue weighted by molar-refractivity contribution is 8.14. The van der Waals surface area contributed by atoms with Gasteiger partial charge in [0.25, 0.3) is 0 Å². The molecule has 2 atom stereocenters. The number of rotatable bonds is 2. The van der Waals surface area contributed by atoms with Crippen LogP contribution in [0.25, 0.3) is 0 Å². The number of benzene rings is 2. The second-order valence-electron chi connectivity index (χ2n) is 5.62. The maximum atomic E-state index is 13.3. The second-order valence-corrected chi connectivity index (χ2v) is 6.69. The number of aliphatic hydroxyl groups is 1. The predicted molar refractivity (Wildman–Crippen MR) is 86.0 cm³/mol. The molecule has 23 heavy (non-hydrogen) atoms. The molecule has 2 unspecified atom stereocenters. The number of aliphatic imine (C=N–C) groups is 1. The van der Waals surface area contributed by atoms with Gasteiger partial charge in [0.05, 0.1) is 0 Å². The van der Waals surface area contributed by atoms with Crippen LogP contribution in [0.1, 0.15) is 17.2 Å². The standard InChI is InChI=1S/C17H14F2N2OS/c18-13-5-1-11(2-6-13)15-17(22,12-3-7-14(19)8-4-12)20-16-21(15)9-10-23-16/h1-8,15,22H,9-10H2. The molecule has 4 rings (SSSR count). The maximum absolute atomic E-state index is 13.3. The second kappa shape index (κ2) is 5.32. The van der Waals surface area contributed by atoms with E-state index in [4.69, 9.17) is 0 Å². The van der Waals surface area contributed by atoms with E-state index in [2.05, 4.69) is 4.99 Å². The Labute approximate surface area is 136 Å². The monoisotopic (exact) mass is 332 g/mol. The lowest BCUT2D eigenvalue weighted by atomic mass is 9.90. The lowest BCUT2D eigenvalue weighted by molar-refractivity contribution is -0.00601. The number of fused-ring (bicyclic) bond motifs is 1. The molecule has 118 valence electrons. The van der Waals surface area contributed by atoms with Crippen LogP contribution in [0.5, 0.6) is 0 Å². The molecule has 0 aromatic heterocycles. The summed E-state index contributed by atoms with van der Waals surface area (Å²) in [4.78, 5) is 6.54. The number of halogens is 2. The van der Waals surface area contributed by atoms with Crippen molar-refractivity contribution in [2.24, 2.45) is 4.99 Å². The molecule has 2 aliphatic heterocycles. The fourth-order valence-electron chi connectivity index (χ4n) is 3.15. The van der Waals surface area contributed by atoms with Crippen LogP contribution in [-0.2, 0) is 5.72 Å². The Morgan fingerprint density at radius 2 is 1.65 bits per heavy atom. The summed E-state index contributed by atoms with van der Waals surface area (Å²) in [6, 6.07) is 11.3. The van der Waals surface area contributed by atoms with Crippen LogP contribution < -0.4 is 0 Å². The Hall–Kier alpha value is -1.92. The van der Waals surface area contributed by atoms with Crippen molar-refractivity contribution in [1.82, 2.24) is 4.90 Å². The lowest BCUT2D eigenvalue weighted by Gasteiger charge is -2.33. The van der Waals surface area contributed by atoms with Gasteiger partial charge in [-0.15, -0.1) is 0 Å². The van der Waals surface area contributed by atoms with Crippen molar-refractivity contribution in [2.75, 3.05) is 12.3 Å². The molecule has 0 spiro atoms. The minimum Gasteiger partial charge on any atom is -0.364 e. The molecular formula is C17H14F2N2OS. The van der Waals surface area contributed by atoms with E-state index < -0.39 is 11.8 Å². The third-order valence-corrected chi connectivity index (χ3v) is 5.19. The molecule has 2 aliphatic rings. The van der Waals surface area contributed by atoms with Crippen molar-refractivity contribution in [3.8, 4) is 0 Å². The van der Waals surface area contributed by atoms with Crippen molar-refractivity contribution < 1.29 is 13.9 Å². The number of hydrogen-bond acceptors (Lipinski definition) is 4. The van der Waals surface area contributed by atoms with Crippen LogP contribution in [0.2, 0.25) is 0 Å². The SMILES string of the molecule is OC1(c2ccc(F)cc2)N=C2SCCN2C1c1ccc(F)cc1. The summed E-state index contributed by atoms with van der Waals surface area (Å²) in [5.74, 6) is 0.209. The Bertz CT molecular complexity index is 763. The van der Waals surface area contributed by atoms with Gasteiger partial charge in [-0.25, -0.2) is 13.8 Å². The molecule has 2 heterocycles. The maximum Gasteiger partial charge on any atom is 0.210 e. The van der Waals surface area contributed by atoms with Crippen molar-refractivity contribution in [2.45, 2.75) is 11.8 Å². The van der Waals surface area contributed by atoms with Gasteiger partial charge in [-0.2, -0.15) is 0 Å². The molecule has 0 saturated carbocycles. The summed E-state index contributed by atoms with van der Waals surface area (Å²) in [6.45, 7) is 0.759. The number of amidine groups is 1. The first-order valence-corrected chi connectivity index (χ1v) is 8.30. The molecule has 6 heteroatoms. The summed E-state index contributed by atoms with van der Waals surface area (Å²) in [6.07, 6.45) is 0. The highest BCUT2D eigenvalue weighted by atomic mass is 32.2. The van der Waals surface area contributed by atoms with E-state index in [0.717, 1.165) is 23.0 Å². The van der Waals surface area contributed by atoms with Gasteiger partial charge in [-0.3, -0.25) is 0 Å². The quantitative estimate of drug-likeness (QED) is 0.917. The first kappa shape index (κ1) is 14.7. The van der Waals surface area contributed by atoms with E-state index in [9.17, 15) is 13.9 Å². The average Bonchev–Trinajstić information content (AvgIpc) is 3.08. The van der Waals surface area contributed by atoms with E-state index in [1.54, 1.807) is 36.0 Å². The van der Waals surface area contributed by atoms with E-state index in [-0.39, 0.29) is 11.6 Å². The first-order valence-electron chi connectivity index (χ1n) is 7.31. The van der Waals surface area contributed by atoms with E-state index >= 15 is 0 Å². The fraction of sp³-hybridized carbons (Fsp3) is 0.235. The molecule has 2 aromatic carbocycles. The van der Waals surface area contributed by atoms with Gasteiger partial charge in [-0.05, 0) is 29.8 Å². The molecule has 1 saturated heterocycles. The highest BCUT2D eigenvalue weighted by Crippen LogP contribution is 2.49. The van der Waals surface area contributed by atoms with Crippen molar-refractivity contribution in [3.63, 3.8) is 0 Å². The summed E-state index contributed by atoms with van der Waals surface area (Å²) < 4.78 is 26.5. The van der Waals surface area contributed by atoms with Crippen molar-refractivity contribution in [1.29, 1.82) is 0 Å². The zero-order valence-corrected chi connectivity index (χ0v) is 12.9. The topological polar surface area (TPSA) is 35.8 Å². The van der Waals surface area contributed by atoms with E-state index in [1.807, 2.05) is 4.90 Å². The third-order valence-electron chi connectivity index (χ3n) is 4.22. The molecule has 1 fully saturated rings. The smallest absolute Gasteiger partial charge is 0.210 e. The molecule has 1 N–H and O–H groups in total. The van der Waals surface area contributed by atoms with Crippen molar-refractivity contribution >= 4 is 16.9 Å². The van der Waals surface area contributed by atoms with Crippen molar-refractivity contribution in [3.05, 3.63) is 71.3 Å². The molecule has 2 aromatic rings. The normalized spacial score (nSPS) is 26.3. The Morgan fingerprint density at radius 3 is 2.30 bits per heavy atom. The van der Waals surface area contributed by atoms with Gasteiger partial charge in [-0.1, -0.05) is 36.0 Å². The highest BCUT2D eigenvalue weighted by Gasteiger charge is 2.51. The van der Waals surface area contributed by atoms with Crippen LogP contribution >= 0.6 is 11.8 Å². The number of nitrogens with zero attached hydrogens (tertiary/aromatic N) is 2. The Morgan fingerprint density at radius 1 is 1.04 bits per heavy atom. The first-order chi connectivity index (χ1) is 11.1. The van der Waals surface area contributed by atoms with Gasteiger partial charge >= 0.3 is 0 Å². The van der Waals surface area contributed by atoms with Crippen LogP contribution in [-0.4, -0.2) is 27.5 Å². The van der Waals surface area contributed by atoms with E-state index in [0.29, 0.717) is 5.56 Å². The summed E-state index contributed by atoms with van der Waals surface area (Å²) in [5, 5.41) is 12.1. The largest absolute Gasteiger partial charge is 0.364 e. The number of thioether (sulfide) groups is 1. The minimum atomic E-state index is -1.51. The fourth-order valence-corrected chi connectivity index (χ4v) is 4.19. The van der Waals surface area contributed by atoms with Crippen LogP contribution in [0.3, 0.4) is 0 Å². The Balaban J connectivity index is 1.83. The van der Waals surface area contributed by atoms with Crippen LogP contribution in [0.15, 0.2) is 53.5 Å². The Kier molecular flexibility index (Phi) is 3.39. The lowest BCUT2D eigenvalue weighted by Crippen LogP contribution is -2.37. The zero-order chi connectivity index (χ0) is 16.0. The summed E-state index contributed by atoms with van der Waals surface area (Å²) >= 11 is 1.58.